The number of hydrogen-bond acceptors (Lipinski definition) is 5. The SMILES string of the molecule is NS(=O)(=O)CCCOc1ccc(F)cc1[N+](=O)[O-]. The van der Waals surface area contributed by atoms with E-state index in [4.69, 9.17) is 9.88 Å². The summed E-state index contributed by atoms with van der Waals surface area (Å²) in [6.45, 7) is -0.0666. The fraction of sp³-hybridized carbons (Fsp3) is 0.333. The monoisotopic (exact) mass is 278 g/mol. The minimum Gasteiger partial charge on any atom is -0.487 e. The summed E-state index contributed by atoms with van der Waals surface area (Å²) in [5.74, 6) is -1.16. The summed E-state index contributed by atoms with van der Waals surface area (Å²) < 4.78 is 39.1. The Morgan fingerprint density at radius 3 is 2.67 bits per heavy atom. The van der Waals surface area contributed by atoms with Crippen molar-refractivity contribution in [3.8, 4) is 5.75 Å². The second kappa shape index (κ2) is 5.74. The molecule has 0 aliphatic carbocycles. The highest BCUT2D eigenvalue weighted by Gasteiger charge is 2.16. The van der Waals surface area contributed by atoms with Crippen molar-refractivity contribution >= 4 is 15.7 Å². The maximum absolute atomic E-state index is 12.8. The van der Waals surface area contributed by atoms with Crippen LogP contribution in [0.1, 0.15) is 6.42 Å². The van der Waals surface area contributed by atoms with E-state index in [2.05, 4.69) is 0 Å². The number of benzene rings is 1. The smallest absolute Gasteiger partial charge is 0.313 e. The van der Waals surface area contributed by atoms with E-state index in [0.717, 1.165) is 18.2 Å². The maximum atomic E-state index is 12.8. The molecule has 0 aliphatic rings. The van der Waals surface area contributed by atoms with Gasteiger partial charge in [0.15, 0.2) is 5.75 Å². The van der Waals surface area contributed by atoms with Crippen LogP contribution in [0.4, 0.5) is 10.1 Å². The van der Waals surface area contributed by atoms with Crippen molar-refractivity contribution in [1.29, 1.82) is 0 Å². The Balaban J connectivity index is 2.65. The molecule has 1 rings (SSSR count). The number of halogens is 1. The average Bonchev–Trinajstić information content (AvgIpc) is 2.24. The van der Waals surface area contributed by atoms with E-state index >= 15 is 0 Å². The van der Waals surface area contributed by atoms with E-state index in [-0.39, 0.29) is 24.5 Å². The minimum absolute atomic E-state index is 0.0666. The molecule has 1 aromatic rings. The molecule has 0 heterocycles. The molecule has 0 atom stereocenters. The zero-order chi connectivity index (χ0) is 13.8. The van der Waals surface area contributed by atoms with Crippen molar-refractivity contribution in [1.82, 2.24) is 0 Å². The van der Waals surface area contributed by atoms with Crippen molar-refractivity contribution in [2.24, 2.45) is 5.14 Å². The van der Waals surface area contributed by atoms with Gasteiger partial charge in [0, 0.05) is 0 Å². The van der Waals surface area contributed by atoms with Gasteiger partial charge in [0.1, 0.15) is 5.82 Å². The molecule has 7 nitrogen and oxygen atoms in total. The molecule has 18 heavy (non-hydrogen) atoms. The van der Waals surface area contributed by atoms with Gasteiger partial charge in [0.05, 0.1) is 23.3 Å². The molecule has 100 valence electrons. The van der Waals surface area contributed by atoms with Crippen LogP contribution in [0.5, 0.6) is 5.75 Å². The van der Waals surface area contributed by atoms with E-state index in [9.17, 15) is 22.9 Å². The lowest BCUT2D eigenvalue weighted by atomic mass is 10.3. The van der Waals surface area contributed by atoms with Crippen LogP contribution >= 0.6 is 0 Å². The first-order chi connectivity index (χ1) is 8.29. The van der Waals surface area contributed by atoms with Crippen LogP contribution in [-0.2, 0) is 10.0 Å². The van der Waals surface area contributed by atoms with E-state index in [1.807, 2.05) is 0 Å². The van der Waals surface area contributed by atoms with Gasteiger partial charge in [-0.15, -0.1) is 0 Å². The Hall–Kier alpha value is -1.74. The van der Waals surface area contributed by atoms with Crippen molar-refractivity contribution in [2.45, 2.75) is 6.42 Å². The third-order valence-corrected chi connectivity index (χ3v) is 2.81. The Morgan fingerprint density at radius 1 is 1.44 bits per heavy atom. The molecule has 0 fully saturated rings. The number of nitrogens with two attached hydrogens (primary N) is 1. The molecule has 9 heteroatoms. The maximum Gasteiger partial charge on any atom is 0.313 e. The minimum atomic E-state index is -3.59. The number of nitrogens with zero attached hydrogens (tertiary/aromatic N) is 1. The predicted molar refractivity (Wildman–Crippen MR) is 61.1 cm³/mol. The van der Waals surface area contributed by atoms with Crippen LogP contribution in [0, 0.1) is 15.9 Å². The average molecular weight is 278 g/mol. The lowest BCUT2D eigenvalue weighted by Crippen LogP contribution is -2.18. The Morgan fingerprint density at radius 2 is 2.11 bits per heavy atom. The number of sulfonamides is 1. The zero-order valence-electron chi connectivity index (χ0n) is 9.21. The molecule has 0 aromatic heterocycles. The Labute approximate surface area is 103 Å². The molecule has 0 saturated heterocycles. The van der Waals surface area contributed by atoms with Gasteiger partial charge in [0.2, 0.25) is 10.0 Å². The summed E-state index contributed by atoms with van der Waals surface area (Å²) in [6, 6.07) is 2.86. The third-order valence-electron chi connectivity index (χ3n) is 1.95. The first kappa shape index (κ1) is 14.3. The quantitative estimate of drug-likeness (QED) is 0.469. The Bertz CT molecular complexity index is 546. The van der Waals surface area contributed by atoms with E-state index in [1.54, 1.807) is 0 Å². The summed E-state index contributed by atoms with van der Waals surface area (Å²) in [4.78, 5) is 9.83. The first-order valence-electron chi connectivity index (χ1n) is 4.87. The molecule has 0 bridgehead atoms. The number of nitro benzene ring substituents is 1. The summed E-state index contributed by atoms with van der Waals surface area (Å²) in [7, 11) is -3.59. The van der Waals surface area contributed by atoms with Crippen LogP contribution in [0.2, 0.25) is 0 Å². The van der Waals surface area contributed by atoms with Crippen LogP contribution in [0.15, 0.2) is 18.2 Å². The highest BCUT2D eigenvalue weighted by molar-refractivity contribution is 7.89. The number of rotatable bonds is 6. The summed E-state index contributed by atoms with van der Waals surface area (Å²) in [5, 5.41) is 15.4. The van der Waals surface area contributed by atoms with Gasteiger partial charge in [-0.25, -0.2) is 17.9 Å². The molecule has 1 aromatic carbocycles. The first-order valence-corrected chi connectivity index (χ1v) is 6.58. The standard InChI is InChI=1S/C9H11FN2O5S/c10-7-2-3-9(8(6-7)12(13)14)17-4-1-5-18(11,15)16/h2-3,6H,1,4-5H2,(H2,11,15,16). The molecular weight excluding hydrogens is 267 g/mol. The van der Waals surface area contributed by atoms with Gasteiger partial charge < -0.3 is 4.74 Å². The topological polar surface area (TPSA) is 113 Å². The van der Waals surface area contributed by atoms with Gasteiger partial charge in [0.25, 0.3) is 0 Å². The summed E-state index contributed by atoms with van der Waals surface area (Å²) >= 11 is 0. The van der Waals surface area contributed by atoms with Crippen LogP contribution < -0.4 is 9.88 Å². The lowest BCUT2D eigenvalue weighted by molar-refractivity contribution is -0.386. The van der Waals surface area contributed by atoms with Crippen molar-refractivity contribution in [3.05, 3.63) is 34.1 Å². The largest absolute Gasteiger partial charge is 0.487 e. The van der Waals surface area contributed by atoms with Gasteiger partial charge in [-0.05, 0) is 18.6 Å². The Kier molecular flexibility index (Phi) is 4.56. The molecule has 0 unspecified atom stereocenters. The molecule has 0 aliphatic heterocycles. The van der Waals surface area contributed by atoms with Gasteiger partial charge >= 0.3 is 5.69 Å². The van der Waals surface area contributed by atoms with Gasteiger partial charge in [-0.1, -0.05) is 0 Å². The molecular formula is C9H11FN2O5S. The number of ether oxygens (including phenoxy) is 1. The molecule has 0 radical (unpaired) electrons. The van der Waals surface area contributed by atoms with Crippen LogP contribution in [0.3, 0.4) is 0 Å². The predicted octanol–water partition coefficient (Wildman–Crippen LogP) is 0.791. The number of primary sulfonamides is 1. The van der Waals surface area contributed by atoms with E-state index in [0.29, 0.717) is 0 Å². The fourth-order valence-corrected chi connectivity index (χ4v) is 1.72. The molecule has 0 spiro atoms. The number of nitro groups is 1. The van der Waals surface area contributed by atoms with E-state index in [1.165, 1.54) is 0 Å². The van der Waals surface area contributed by atoms with Crippen molar-refractivity contribution in [3.63, 3.8) is 0 Å². The third kappa shape index (κ3) is 4.63. The molecule has 2 N–H and O–H groups in total. The molecule has 0 saturated carbocycles. The van der Waals surface area contributed by atoms with Crippen molar-refractivity contribution < 1.29 is 22.5 Å². The molecule has 0 amide bonds. The highest BCUT2D eigenvalue weighted by Crippen LogP contribution is 2.27. The number of hydrogen-bond donors (Lipinski definition) is 1. The van der Waals surface area contributed by atoms with Gasteiger partial charge in [-0.2, -0.15) is 0 Å². The van der Waals surface area contributed by atoms with Crippen molar-refractivity contribution in [2.75, 3.05) is 12.4 Å². The van der Waals surface area contributed by atoms with Crippen LogP contribution in [-0.4, -0.2) is 25.7 Å². The highest BCUT2D eigenvalue weighted by atomic mass is 32.2. The normalized spacial score (nSPS) is 11.2. The second-order valence-corrected chi connectivity index (χ2v) is 5.17. The summed E-state index contributed by atoms with van der Waals surface area (Å²) in [5.41, 5.74) is -0.509. The van der Waals surface area contributed by atoms with E-state index < -0.39 is 26.5 Å². The fourth-order valence-electron chi connectivity index (χ4n) is 1.20. The summed E-state index contributed by atoms with van der Waals surface area (Å²) in [6.07, 6.45) is 0.0906. The second-order valence-electron chi connectivity index (χ2n) is 3.44. The lowest BCUT2D eigenvalue weighted by Gasteiger charge is -2.06. The van der Waals surface area contributed by atoms with Crippen LogP contribution in [0.25, 0.3) is 0 Å². The van der Waals surface area contributed by atoms with Gasteiger partial charge in [-0.3, -0.25) is 10.1 Å². The zero-order valence-corrected chi connectivity index (χ0v) is 10.0.